The van der Waals surface area contributed by atoms with Crippen molar-refractivity contribution in [3.8, 4) is 17.1 Å². The fourth-order valence-electron chi connectivity index (χ4n) is 3.37. The number of hydrazone groups is 1. The number of benzene rings is 3. The van der Waals surface area contributed by atoms with Gasteiger partial charge in [0.25, 0.3) is 5.91 Å². The van der Waals surface area contributed by atoms with Gasteiger partial charge in [0.1, 0.15) is 0 Å². The van der Waals surface area contributed by atoms with Gasteiger partial charge in [-0.25, -0.2) is 5.43 Å². The SMILES string of the molecule is Cc1ccc(-n2c(SCC(=O)NN=Cc3ccc(C(C)C)cc3)nnc2-c2ccccc2)cc1. The average Bonchev–Trinajstić information content (AvgIpc) is 3.28. The molecule has 1 aromatic heterocycles. The molecule has 1 amide bonds. The zero-order valence-electron chi connectivity index (χ0n) is 19.5. The number of hydrogen-bond donors (Lipinski definition) is 1. The first-order valence-corrected chi connectivity index (χ1v) is 12.1. The number of nitrogens with one attached hydrogen (secondary N) is 1. The summed E-state index contributed by atoms with van der Waals surface area (Å²) in [5.41, 5.74) is 7.87. The third kappa shape index (κ3) is 5.80. The molecule has 4 rings (SSSR count). The van der Waals surface area contributed by atoms with Crippen LogP contribution in [-0.2, 0) is 4.79 Å². The maximum atomic E-state index is 12.4. The quantitative estimate of drug-likeness (QED) is 0.207. The van der Waals surface area contributed by atoms with Crippen LogP contribution in [0.15, 0.2) is 89.1 Å². The fraction of sp³-hybridized carbons (Fsp3) is 0.185. The van der Waals surface area contributed by atoms with Crippen LogP contribution in [-0.4, -0.2) is 32.6 Å². The highest BCUT2D eigenvalue weighted by molar-refractivity contribution is 7.99. The normalized spacial score (nSPS) is 11.3. The monoisotopic (exact) mass is 469 g/mol. The van der Waals surface area contributed by atoms with Gasteiger partial charge in [-0.3, -0.25) is 9.36 Å². The standard InChI is InChI=1S/C27H27N5OS/c1-19(2)22-13-11-21(12-14-22)17-28-29-25(33)18-34-27-31-30-26(23-7-5-4-6-8-23)32(27)24-15-9-20(3)10-16-24/h4-17,19H,18H2,1-3H3,(H,29,33). The van der Waals surface area contributed by atoms with E-state index in [0.29, 0.717) is 11.1 Å². The van der Waals surface area contributed by atoms with Gasteiger partial charge in [0, 0.05) is 11.3 Å². The van der Waals surface area contributed by atoms with Crippen molar-refractivity contribution in [2.75, 3.05) is 5.75 Å². The van der Waals surface area contributed by atoms with Crippen molar-refractivity contribution in [2.24, 2.45) is 5.10 Å². The number of nitrogens with zero attached hydrogens (tertiary/aromatic N) is 4. The molecule has 0 aliphatic rings. The topological polar surface area (TPSA) is 72.2 Å². The molecule has 7 heteroatoms. The predicted octanol–water partition coefficient (Wildman–Crippen LogP) is 5.61. The molecular formula is C27H27N5OS. The zero-order valence-corrected chi connectivity index (χ0v) is 20.3. The maximum absolute atomic E-state index is 12.4. The number of amides is 1. The molecular weight excluding hydrogens is 442 g/mol. The zero-order chi connectivity index (χ0) is 23.9. The number of hydrogen-bond acceptors (Lipinski definition) is 5. The van der Waals surface area contributed by atoms with Gasteiger partial charge in [-0.1, -0.05) is 97.9 Å². The average molecular weight is 470 g/mol. The molecule has 172 valence electrons. The molecule has 0 bridgehead atoms. The van der Waals surface area contributed by atoms with Crippen molar-refractivity contribution in [3.05, 3.63) is 95.6 Å². The first kappa shape index (κ1) is 23.4. The minimum Gasteiger partial charge on any atom is -0.272 e. The van der Waals surface area contributed by atoms with E-state index in [1.165, 1.54) is 22.9 Å². The molecule has 0 fully saturated rings. The van der Waals surface area contributed by atoms with Crippen LogP contribution in [0.1, 0.15) is 36.5 Å². The van der Waals surface area contributed by atoms with E-state index in [-0.39, 0.29) is 11.7 Å². The van der Waals surface area contributed by atoms with E-state index in [2.05, 4.69) is 46.7 Å². The smallest absolute Gasteiger partial charge is 0.250 e. The number of carbonyl (C=O) groups is 1. The lowest BCUT2D eigenvalue weighted by Crippen LogP contribution is -2.20. The second-order valence-electron chi connectivity index (χ2n) is 8.25. The molecule has 4 aromatic rings. The Balaban J connectivity index is 1.45. The van der Waals surface area contributed by atoms with Crippen molar-refractivity contribution in [1.29, 1.82) is 0 Å². The molecule has 0 spiro atoms. The molecule has 0 radical (unpaired) electrons. The van der Waals surface area contributed by atoms with Crippen LogP contribution in [0, 0.1) is 6.92 Å². The predicted molar refractivity (Wildman–Crippen MR) is 139 cm³/mol. The van der Waals surface area contributed by atoms with E-state index in [4.69, 9.17) is 0 Å². The first-order valence-electron chi connectivity index (χ1n) is 11.1. The molecule has 1 heterocycles. The Kier molecular flexibility index (Phi) is 7.54. The van der Waals surface area contributed by atoms with E-state index in [1.807, 2.05) is 78.2 Å². The van der Waals surface area contributed by atoms with Crippen molar-refractivity contribution in [2.45, 2.75) is 31.8 Å². The van der Waals surface area contributed by atoms with Crippen molar-refractivity contribution >= 4 is 23.9 Å². The van der Waals surface area contributed by atoms with Crippen LogP contribution in [0.3, 0.4) is 0 Å². The Morgan fingerprint density at radius 3 is 2.38 bits per heavy atom. The molecule has 6 nitrogen and oxygen atoms in total. The molecule has 0 unspecified atom stereocenters. The second kappa shape index (κ2) is 10.9. The lowest BCUT2D eigenvalue weighted by atomic mass is 10.0. The molecule has 0 aliphatic heterocycles. The van der Waals surface area contributed by atoms with E-state index in [0.717, 1.165) is 22.6 Å². The van der Waals surface area contributed by atoms with Gasteiger partial charge >= 0.3 is 0 Å². The minimum absolute atomic E-state index is 0.169. The Hall–Kier alpha value is -3.71. The molecule has 1 N–H and O–H groups in total. The third-order valence-corrected chi connectivity index (χ3v) is 6.22. The van der Waals surface area contributed by atoms with E-state index < -0.39 is 0 Å². The Labute approximate surface area is 204 Å². The molecule has 0 aliphatic carbocycles. The van der Waals surface area contributed by atoms with Crippen molar-refractivity contribution in [1.82, 2.24) is 20.2 Å². The lowest BCUT2D eigenvalue weighted by Gasteiger charge is -2.10. The summed E-state index contributed by atoms with van der Waals surface area (Å²) >= 11 is 1.32. The Morgan fingerprint density at radius 1 is 1.00 bits per heavy atom. The summed E-state index contributed by atoms with van der Waals surface area (Å²) in [6.45, 7) is 6.36. The van der Waals surface area contributed by atoms with Gasteiger partial charge in [-0.15, -0.1) is 10.2 Å². The highest BCUT2D eigenvalue weighted by atomic mass is 32.2. The van der Waals surface area contributed by atoms with Crippen LogP contribution < -0.4 is 5.43 Å². The van der Waals surface area contributed by atoms with Crippen LogP contribution in [0.2, 0.25) is 0 Å². The summed E-state index contributed by atoms with van der Waals surface area (Å²) in [5, 5.41) is 13.5. The lowest BCUT2D eigenvalue weighted by molar-refractivity contribution is -0.118. The molecule has 34 heavy (non-hydrogen) atoms. The van der Waals surface area contributed by atoms with Crippen LogP contribution in [0.5, 0.6) is 0 Å². The largest absolute Gasteiger partial charge is 0.272 e. The summed E-state index contributed by atoms with van der Waals surface area (Å²) in [5.74, 6) is 1.17. The van der Waals surface area contributed by atoms with Crippen molar-refractivity contribution in [3.63, 3.8) is 0 Å². The summed E-state index contributed by atoms with van der Waals surface area (Å²) in [7, 11) is 0. The fourth-order valence-corrected chi connectivity index (χ4v) is 4.12. The number of thioether (sulfide) groups is 1. The van der Waals surface area contributed by atoms with Crippen LogP contribution in [0.4, 0.5) is 0 Å². The van der Waals surface area contributed by atoms with Gasteiger partial charge in [-0.05, 0) is 36.1 Å². The summed E-state index contributed by atoms with van der Waals surface area (Å²) < 4.78 is 1.98. The van der Waals surface area contributed by atoms with Gasteiger partial charge in [0.05, 0.1) is 12.0 Å². The van der Waals surface area contributed by atoms with Gasteiger partial charge in [0.15, 0.2) is 11.0 Å². The maximum Gasteiger partial charge on any atom is 0.250 e. The molecule has 0 saturated carbocycles. The van der Waals surface area contributed by atoms with Gasteiger partial charge < -0.3 is 0 Å². The van der Waals surface area contributed by atoms with E-state index >= 15 is 0 Å². The summed E-state index contributed by atoms with van der Waals surface area (Å²) in [6, 6.07) is 26.2. The molecule has 0 atom stereocenters. The Bertz CT molecular complexity index is 1260. The number of aryl methyl sites for hydroxylation is 1. The Morgan fingerprint density at radius 2 is 1.71 bits per heavy atom. The number of carbonyl (C=O) groups excluding carboxylic acids is 1. The van der Waals surface area contributed by atoms with E-state index in [1.54, 1.807) is 6.21 Å². The third-order valence-electron chi connectivity index (χ3n) is 5.30. The summed E-state index contributed by atoms with van der Waals surface area (Å²) in [4.78, 5) is 12.4. The second-order valence-corrected chi connectivity index (χ2v) is 9.19. The van der Waals surface area contributed by atoms with Gasteiger partial charge in [-0.2, -0.15) is 5.10 Å². The number of rotatable bonds is 8. The first-order chi connectivity index (χ1) is 16.5. The van der Waals surface area contributed by atoms with Crippen LogP contribution >= 0.6 is 11.8 Å². The van der Waals surface area contributed by atoms with Gasteiger partial charge in [0.2, 0.25) is 0 Å². The minimum atomic E-state index is -0.209. The van der Waals surface area contributed by atoms with Crippen molar-refractivity contribution < 1.29 is 4.79 Å². The molecule has 0 saturated heterocycles. The highest BCUT2D eigenvalue weighted by Gasteiger charge is 2.17. The molecule has 3 aromatic carbocycles. The van der Waals surface area contributed by atoms with E-state index in [9.17, 15) is 4.79 Å². The number of aromatic nitrogens is 3. The van der Waals surface area contributed by atoms with Crippen LogP contribution in [0.25, 0.3) is 17.1 Å². The summed E-state index contributed by atoms with van der Waals surface area (Å²) in [6.07, 6.45) is 1.65. The highest BCUT2D eigenvalue weighted by Crippen LogP contribution is 2.28.